The fraction of sp³-hybridized carbons (Fsp3) is 0.533. The van der Waals surface area contributed by atoms with Crippen LogP contribution in [-0.2, 0) is 14.2 Å². The van der Waals surface area contributed by atoms with Gasteiger partial charge in [0.2, 0.25) is 0 Å². The van der Waals surface area contributed by atoms with E-state index in [9.17, 15) is 4.79 Å². The van der Waals surface area contributed by atoms with Gasteiger partial charge in [-0.15, -0.1) is 0 Å². The molecule has 22 heavy (non-hydrogen) atoms. The number of carbonyl (C=O) groups excluding carboxylic acids is 1. The molecule has 1 aliphatic rings. The Morgan fingerprint density at radius 1 is 1.59 bits per heavy atom. The number of nitrogens with one attached hydrogen (secondary N) is 2. The second-order valence-corrected chi connectivity index (χ2v) is 5.31. The molecule has 1 amide bonds. The first-order chi connectivity index (χ1) is 10.7. The fourth-order valence-corrected chi connectivity index (χ4v) is 2.49. The summed E-state index contributed by atoms with van der Waals surface area (Å²) in [6.07, 6.45) is -0.810. The van der Waals surface area contributed by atoms with Crippen molar-refractivity contribution in [3.63, 3.8) is 0 Å². The molecule has 7 heteroatoms. The number of alkyl carbamates (subject to hydrolysis) is 1. The molecule has 0 aromatic heterocycles. The number of amides is 1. The Balaban J connectivity index is 1.97. The van der Waals surface area contributed by atoms with Crippen molar-refractivity contribution in [3.05, 3.63) is 34.9 Å². The Kier molecular flexibility index (Phi) is 6.92. The molecular formula is C15H21ClN2O4. The normalized spacial score (nSPS) is 19.5. The van der Waals surface area contributed by atoms with Crippen molar-refractivity contribution in [2.24, 2.45) is 0 Å². The molecule has 0 radical (unpaired) electrons. The Morgan fingerprint density at radius 3 is 3.14 bits per heavy atom. The van der Waals surface area contributed by atoms with Gasteiger partial charge in [-0.2, -0.15) is 0 Å². The zero-order valence-electron chi connectivity index (χ0n) is 12.5. The highest BCUT2D eigenvalue weighted by atomic mass is 35.5. The number of hydrogen-bond acceptors (Lipinski definition) is 5. The van der Waals surface area contributed by atoms with Crippen LogP contribution in [0.25, 0.3) is 0 Å². The second kappa shape index (κ2) is 8.95. The van der Waals surface area contributed by atoms with Gasteiger partial charge >= 0.3 is 6.09 Å². The molecule has 1 heterocycles. The predicted molar refractivity (Wildman–Crippen MR) is 83.2 cm³/mol. The van der Waals surface area contributed by atoms with Crippen LogP contribution in [0.3, 0.4) is 0 Å². The van der Waals surface area contributed by atoms with Crippen LogP contribution in [0.1, 0.15) is 11.7 Å². The second-order valence-electron chi connectivity index (χ2n) is 4.88. The first kappa shape index (κ1) is 17.0. The standard InChI is InChI=1S/C15H21ClN2O4/c1-20-15(19)18-6-8-22-14(13-10-17-5-7-21-13)11-3-2-4-12(16)9-11/h2-4,9,13-14,17H,5-8,10H2,1H3,(H,18,19)/t13-,14?/m1/s1. The van der Waals surface area contributed by atoms with E-state index < -0.39 is 6.09 Å². The number of carbonyl (C=O) groups is 1. The predicted octanol–water partition coefficient (Wildman–Crippen LogP) is 1.74. The summed E-state index contributed by atoms with van der Waals surface area (Å²) in [4.78, 5) is 11.0. The molecule has 1 aromatic carbocycles. The number of morpholine rings is 1. The lowest BCUT2D eigenvalue weighted by atomic mass is 10.0. The van der Waals surface area contributed by atoms with Crippen molar-refractivity contribution in [1.82, 2.24) is 10.6 Å². The summed E-state index contributed by atoms with van der Waals surface area (Å²) >= 11 is 6.06. The van der Waals surface area contributed by atoms with Crippen LogP contribution in [-0.4, -0.2) is 52.2 Å². The fourth-order valence-electron chi connectivity index (χ4n) is 2.29. The third-order valence-electron chi connectivity index (χ3n) is 3.33. The van der Waals surface area contributed by atoms with Gasteiger partial charge in [-0.3, -0.25) is 0 Å². The molecule has 0 spiro atoms. The minimum atomic E-state index is -0.474. The van der Waals surface area contributed by atoms with Gasteiger partial charge in [-0.1, -0.05) is 23.7 Å². The monoisotopic (exact) mass is 328 g/mol. The highest BCUT2D eigenvalue weighted by Gasteiger charge is 2.26. The largest absolute Gasteiger partial charge is 0.453 e. The van der Waals surface area contributed by atoms with Crippen molar-refractivity contribution < 1.29 is 19.0 Å². The van der Waals surface area contributed by atoms with Crippen LogP contribution in [0.15, 0.2) is 24.3 Å². The van der Waals surface area contributed by atoms with Crippen molar-refractivity contribution in [2.75, 3.05) is 40.0 Å². The number of benzene rings is 1. The molecule has 1 fully saturated rings. The molecule has 2 atom stereocenters. The number of rotatable bonds is 6. The molecule has 2 rings (SSSR count). The van der Waals surface area contributed by atoms with Crippen LogP contribution in [0.2, 0.25) is 5.02 Å². The Bertz CT molecular complexity index is 480. The third-order valence-corrected chi connectivity index (χ3v) is 3.56. The van der Waals surface area contributed by atoms with E-state index in [4.69, 9.17) is 21.1 Å². The van der Waals surface area contributed by atoms with Gasteiger partial charge in [0.25, 0.3) is 0 Å². The van der Waals surface area contributed by atoms with E-state index in [0.717, 1.165) is 12.1 Å². The number of halogens is 1. The maximum Gasteiger partial charge on any atom is 0.406 e. The van der Waals surface area contributed by atoms with Crippen LogP contribution in [0, 0.1) is 0 Å². The summed E-state index contributed by atoms with van der Waals surface area (Å²) in [5.74, 6) is 0. The zero-order valence-corrected chi connectivity index (χ0v) is 13.3. The number of methoxy groups -OCH3 is 1. The quantitative estimate of drug-likeness (QED) is 0.779. The molecule has 1 aromatic rings. The van der Waals surface area contributed by atoms with E-state index in [1.165, 1.54) is 7.11 Å². The molecule has 122 valence electrons. The number of hydrogen-bond donors (Lipinski definition) is 2. The van der Waals surface area contributed by atoms with Gasteiger partial charge in [0.1, 0.15) is 12.2 Å². The molecule has 0 bridgehead atoms. The lowest BCUT2D eigenvalue weighted by Crippen LogP contribution is -2.43. The highest BCUT2D eigenvalue weighted by Crippen LogP contribution is 2.26. The van der Waals surface area contributed by atoms with Gasteiger partial charge < -0.3 is 24.8 Å². The molecular weight excluding hydrogens is 308 g/mol. The van der Waals surface area contributed by atoms with Crippen LogP contribution in [0.4, 0.5) is 4.79 Å². The van der Waals surface area contributed by atoms with Crippen molar-refractivity contribution >= 4 is 17.7 Å². The molecule has 1 aliphatic heterocycles. The van der Waals surface area contributed by atoms with E-state index in [2.05, 4.69) is 15.4 Å². The summed E-state index contributed by atoms with van der Waals surface area (Å²) < 4.78 is 16.2. The van der Waals surface area contributed by atoms with Crippen molar-refractivity contribution in [2.45, 2.75) is 12.2 Å². The maximum atomic E-state index is 11.0. The van der Waals surface area contributed by atoms with E-state index in [0.29, 0.717) is 31.3 Å². The molecule has 1 unspecified atom stereocenters. The highest BCUT2D eigenvalue weighted by molar-refractivity contribution is 6.30. The molecule has 1 saturated heterocycles. The van der Waals surface area contributed by atoms with Gasteiger partial charge in [0.05, 0.1) is 20.3 Å². The minimum Gasteiger partial charge on any atom is -0.453 e. The van der Waals surface area contributed by atoms with Gasteiger partial charge in [0.15, 0.2) is 0 Å². The van der Waals surface area contributed by atoms with E-state index in [1.54, 1.807) is 0 Å². The molecule has 2 N–H and O–H groups in total. The molecule has 6 nitrogen and oxygen atoms in total. The average molecular weight is 329 g/mol. The zero-order chi connectivity index (χ0) is 15.8. The van der Waals surface area contributed by atoms with Gasteiger partial charge in [0, 0.05) is 24.7 Å². The molecule has 0 aliphatic carbocycles. The summed E-state index contributed by atoms with van der Waals surface area (Å²) in [6.45, 7) is 2.91. The Labute approximate surface area is 135 Å². The van der Waals surface area contributed by atoms with Crippen molar-refractivity contribution in [3.8, 4) is 0 Å². The van der Waals surface area contributed by atoms with E-state index in [1.807, 2.05) is 24.3 Å². The SMILES string of the molecule is COC(=O)NCCOC(c1cccc(Cl)c1)[C@H]1CNCCO1. The average Bonchev–Trinajstić information content (AvgIpc) is 2.55. The first-order valence-corrected chi connectivity index (χ1v) is 7.59. The lowest BCUT2D eigenvalue weighted by Gasteiger charge is -2.31. The minimum absolute atomic E-state index is 0.0923. The molecule has 0 saturated carbocycles. The summed E-state index contributed by atoms with van der Waals surface area (Å²) in [5, 5.41) is 6.53. The van der Waals surface area contributed by atoms with E-state index >= 15 is 0 Å². The third kappa shape index (κ3) is 5.14. The first-order valence-electron chi connectivity index (χ1n) is 7.22. The smallest absolute Gasteiger partial charge is 0.406 e. The summed E-state index contributed by atoms with van der Waals surface area (Å²) in [7, 11) is 1.33. The number of ether oxygens (including phenoxy) is 3. The lowest BCUT2D eigenvalue weighted by molar-refractivity contribution is -0.0852. The van der Waals surface area contributed by atoms with Gasteiger partial charge in [-0.25, -0.2) is 4.79 Å². The Hall–Kier alpha value is -1.34. The summed E-state index contributed by atoms with van der Waals surface area (Å²) in [5.41, 5.74) is 0.958. The summed E-state index contributed by atoms with van der Waals surface area (Å²) in [6, 6.07) is 7.54. The van der Waals surface area contributed by atoms with Crippen LogP contribution in [0.5, 0.6) is 0 Å². The Morgan fingerprint density at radius 2 is 2.45 bits per heavy atom. The topological polar surface area (TPSA) is 68.8 Å². The maximum absolute atomic E-state index is 11.0. The van der Waals surface area contributed by atoms with Crippen LogP contribution >= 0.6 is 11.6 Å². The van der Waals surface area contributed by atoms with E-state index in [-0.39, 0.29) is 12.2 Å². The van der Waals surface area contributed by atoms with Crippen molar-refractivity contribution in [1.29, 1.82) is 0 Å². The van der Waals surface area contributed by atoms with Gasteiger partial charge in [-0.05, 0) is 17.7 Å². The van der Waals surface area contributed by atoms with Crippen LogP contribution < -0.4 is 10.6 Å².